The van der Waals surface area contributed by atoms with E-state index in [-0.39, 0.29) is 0 Å². The monoisotopic (exact) mass is 776 g/mol. The molecule has 0 unspecified atom stereocenters. The molecule has 2 aromatic heterocycles. The predicted octanol–water partition coefficient (Wildman–Crippen LogP) is 15.8. The van der Waals surface area contributed by atoms with Gasteiger partial charge in [0.05, 0.1) is 22.4 Å². The number of fused-ring (bicyclic) bond motifs is 3. The Bertz CT molecular complexity index is 3140. The second kappa shape index (κ2) is 15.6. The third-order valence-electron chi connectivity index (χ3n) is 11.9. The molecule has 0 aliphatic heterocycles. The molecule has 0 spiro atoms. The smallest absolute Gasteiger partial charge is 0.0715 e. The van der Waals surface area contributed by atoms with Crippen LogP contribution in [-0.4, -0.2) is 9.55 Å². The average Bonchev–Trinajstić information content (AvgIpc) is 3.69. The Balaban J connectivity index is 0.907. The Labute approximate surface area is 356 Å². The van der Waals surface area contributed by atoms with Gasteiger partial charge < -0.3 is 4.57 Å². The van der Waals surface area contributed by atoms with Crippen LogP contribution in [0.4, 0.5) is 0 Å². The van der Waals surface area contributed by atoms with E-state index in [0.29, 0.717) is 0 Å². The van der Waals surface area contributed by atoms with Crippen LogP contribution in [0.25, 0.3) is 106 Å². The molecule has 0 aliphatic carbocycles. The first-order valence-electron chi connectivity index (χ1n) is 20.9. The molecular formula is C59H40N2. The summed E-state index contributed by atoms with van der Waals surface area (Å²) in [6, 6.07) is 87.1. The number of hydrogen-bond donors (Lipinski definition) is 0. The fourth-order valence-electron chi connectivity index (χ4n) is 8.66. The van der Waals surface area contributed by atoms with Gasteiger partial charge in [-0.15, -0.1) is 0 Å². The largest absolute Gasteiger partial charge is 0.309 e. The molecule has 0 aliphatic rings. The van der Waals surface area contributed by atoms with E-state index in [9.17, 15) is 0 Å². The fourth-order valence-corrected chi connectivity index (χ4v) is 8.66. The molecule has 0 saturated carbocycles. The molecule has 2 heterocycles. The summed E-state index contributed by atoms with van der Waals surface area (Å²) in [4.78, 5) is 5.25. The third-order valence-corrected chi connectivity index (χ3v) is 11.9. The summed E-state index contributed by atoms with van der Waals surface area (Å²) in [5.74, 6) is 0. The van der Waals surface area contributed by atoms with Crippen molar-refractivity contribution in [2.75, 3.05) is 0 Å². The summed E-state index contributed by atoms with van der Waals surface area (Å²) in [5.41, 5.74) is 19.4. The molecular weight excluding hydrogens is 737 g/mol. The fraction of sp³-hybridized carbons (Fsp3) is 0. The van der Waals surface area contributed by atoms with Gasteiger partial charge in [-0.05, 0) is 98.1 Å². The van der Waals surface area contributed by atoms with Gasteiger partial charge in [0.25, 0.3) is 0 Å². The first kappa shape index (κ1) is 36.0. The van der Waals surface area contributed by atoms with Crippen LogP contribution in [0, 0.1) is 0 Å². The molecule has 0 atom stereocenters. The van der Waals surface area contributed by atoms with Gasteiger partial charge in [0.1, 0.15) is 0 Å². The van der Waals surface area contributed by atoms with E-state index < -0.39 is 0 Å². The van der Waals surface area contributed by atoms with Crippen LogP contribution in [-0.2, 0) is 0 Å². The molecule has 0 saturated heterocycles. The molecule has 0 radical (unpaired) electrons. The third kappa shape index (κ3) is 7.01. The highest BCUT2D eigenvalue weighted by Crippen LogP contribution is 2.36. The Morgan fingerprint density at radius 1 is 0.230 bits per heavy atom. The SMILES string of the molecule is c1ccc(-c2ccc(-c3cc(-c4ccc(-c5cccc(-c6ccc(-n7c8ccccc8c8ccccc87)cc6)c5)cc4)cc(-c4ccc(-c5ccccc5)cc4)n3)cc2)cc1. The van der Waals surface area contributed by atoms with Crippen LogP contribution in [0.1, 0.15) is 0 Å². The van der Waals surface area contributed by atoms with Gasteiger partial charge in [0, 0.05) is 27.6 Å². The summed E-state index contributed by atoms with van der Waals surface area (Å²) in [7, 11) is 0. The maximum atomic E-state index is 5.25. The van der Waals surface area contributed by atoms with E-state index in [1.165, 1.54) is 66.3 Å². The van der Waals surface area contributed by atoms with Crippen LogP contribution in [0.3, 0.4) is 0 Å². The zero-order valence-corrected chi connectivity index (χ0v) is 33.5. The number of aromatic nitrogens is 2. The Morgan fingerprint density at radius 2 is 0.557 bits per heavy atom. The van der Waals surface area contributed by atoms with Gasteiger partial charge in [-0.2, -0.15) is 0 Å². The summed E-state index contributed by atoms with van der Waals surface area (Å²) in [5, 5.41) is 2.54. The topological polar surface area (TPSA) is 17.8 Å². The first-order valence-corrected chi connectivity index (χ1v) is 20.9. The molecule has 2 nitrogen and oxygen atoms in total. The quantitative estimate of drug-likeness (QED) is 0.150. The highest BCUT2D eigenvalue weighted by molar-refractivity contribution is 6.09. The molecule has 9 aromatic carbocycles. The second-order valence-electron chi connectivity index (χ2n) is 15.6. The van der Waals surface area contributed by atoms with E-state index in [0.717, 1.165) is 39.3 Å². The van der Waals surface area contributed by atoms with Crippen molar-refractivity contribution in [3.8, 4) is 83.8 Å². The predicted molar refractivity (Wildman–Crippen MR) is 257 cm³/mol. The van der Waals surface area contributed by atoms with Crippen LogP contribution in [0.2, 0.25) is 0 Å². The lowest BCUT2D eigenvalue weighted by Gasteiger charge is -2.13. The number of benzene rings is 9. The van der Waals surface area contributed by atoms with Crippen LogP contribution >= 0.6 is 0 Å². The van der Waals surface area contributed by atoms with Crippen molar-refractivity contribution in [2.24, 2.45) is 0 Å². The molecule has 61 heavy (non-hydrogen) atoms. The lowest BCUT2D eigenvalue weighted by Crippen LogP contribution is -1.93. The molecule has 11 rings (SSSR count). The Hall–Kier alpha value is -8.07. The standard InChI is InChI=1S/C59H40N2/c1-3-12-41(13-4-1)43-26-30-48(31-27-43)56-39-52(40-57(60-56)49-32-28-44(29-33-49)42-14-5-2-6-15-42)47-24-22-45(23-25-47)50-16-11-17-51(38-50)46-34-36-53(37-35-46)61-58-20-9-7-18-54(58)55-19-8-10-21-59(55)61/h1-40H. The van der Waals surface area contributed by atoms with Crippen molar-refractivity contribution in [3.63, 3.8) is 0 Å². The number of nitrogens with zero attached hydrogens (tertiary/aromatic N) is 2. The van der Waals surface area contributed by atoms with Crippen LogP contribution in [0.15, 0.2) is 243 Å². The second-order valence-corrected chi connectivity index (χ2v) is 15.6. The minimum Gasteiger partial charge on any atom is -0.309 e. The van der Waals surface area contributed by atoms with Crippen molar-refractivity contribution in [1.82, 2.24) is 9.55 Å². The highest BCUT2D eigenvalue weighted by Gasteiger charge is 2.13. The van der Waals surface area contributed by atoms with Crippen molar-refractivity contribution < 1.29 is 0 Å². The number of rotatable bonds is 8. The van der Waals surface area contributed by atoms with Crippen molar-refractivity contribution in [1.29, 1.82) is 0 Å². The molecule has 286 valence electrons. The summed E-state index contributed by atoms with van der Waals surface area (Å²) < 4.78 is 2.37. The van der Waals surface area contributed by atoms with E-state index in [2.05, 4.69) is 247 Å². The van der Waals surface area contributed by atoms with Gasteiger partial charge in [0.15, 0.2) is 0 Å². The highest BCUT2D eigenvalue weighted by atomic mass is 15.0. The molecule has 0 bridgehead atoms. The van der Waals surface area contributed by atoms with Crippen molar-refractivity contribution in [2.45, 2.75) is 0 Å². The van der Waals surface area contributed by atoms with Crippen molar-refractivity contribution in [3.05, 3.63) is 243 Å². The number of para-hydroxylation sites is 2. The van der Waals surface area contributed by atoms with E-state index in [1.54, 1.807) is 0 Å². The molecule has 0 N–H and O–H groups in total. The summed E-state index contributed by atoms with van der Waals surface area (Å²) in [6.45, 7) is 0. The molecule has 0 amide bonds. The lowest BCUT2D eigenvalue weighted by atomic mass is 9.95. The normalized spacial score (nSPS) is 11.3. The maximum Gasteiger partial charge on any atom is 0.0715 e. The lowest BCUT2D eigenvalue weighted by molar-refractivity contribution is 1.18. The van der Waals surface area contributed by atoms with Gasteiger partial charge in [-0.3, -0.25) is 0 Å². The van der Waals surface area contributed by atoms with Gasteiger partial charge in [0.2, 0.25) is 0 Å². The molecule has 2 heteroatoms. The van der Waals surface area contributed by atoms with Crippen molar-refractivity contribution >= 4 is 21.8 Å². The van der Waals surface area contributed by atoms with E-state index in [4.69, 9.17) is 4.98 Å². The minimum atomic E-state index is 0.945. The zero-order valence-electron chi connectivity index (χ0n) is 33.5. The van der Waals surface area contributed by atoms with Gasteiger partial charge >= 0.3 is 0 Å². The Kier molecular flexibility index (Phi) is 9.22. The molecule has 0 fully saturated rings. The number of hydrogen-bond acceptors (Lipinski definition) is 1. The van der Waals surface area contributed by atoms with Gasteiger partial charge in [-0.1, -0.05) is 200 Å². The van der Waals surface area contributed by atoms with Crippen LogP contribution in [0.5, 0.6) is 0 Å². The van der Waals surface area contributed by atoms with Gasteiger partial charge in [-0.25, -0.2) is 4.98 Å². The average molecular weight is 777 g/mol. The van der Waals surface area contributed by atoms with Crippen LogP contribution < -0.4 is 0 Å². The minimum absolute atomic E-state index is 0.945. The van der Waals surface area contributed by atoms with E-state index in [1.807, 2.05) is 0 Å². The molecule has 11 aromatic rings. The summed E-state index contributed by atoms with van der Waals surface area (Å²) >= 11 is 0. The first-order chi connectivity index (χ1) is 30.2. The number of pyridine rings is 1. The Morgan fingerprint density at radius 3 is 1.02 bits per heavy atom. The van der Waals surface area contributed by atoms with E-state index >= 15 is 0 Å². The zero-order chi connectivity index (χ0) is 40.5. The maximum absolute atomic E-state index is 5.25. The summed E-state index contributed by atoms with van der Waals surface area (Å²) in [6.07, 6.45) is 0.